The molecular formula is C14H21NO. The van der Waals surface area contributed by atoms with E-state index in [1.807, 2.05) is 30.3 Å². The highest BCUT2D eigenvalue weighted by atomic mass is 16.1. The van der Waals surface area contributed by atoms with E-state index in [9.17, 15) is 4.79 Å². The third-order valence-corrected chi connectivity index (χ3v) is 2.71. The maximum Gasteiger partial charge on any atom is 0.154 e. The first-order chi connectivity index (χ1) is 7.61. The monoisotopic (exact) mass is 219 g/mol. The van der Waals surface area contributed by atoms with E-state index < -0.39 is 6.04 Å². The van der Waals surface area contributed by atoms with Gasteiger partial charge in [0.2, 0.25) is 0 Å². The molecule has 0 aliphatic rings. The standard InChI is InChI=1S/C14H21NO/c1-11(2)7-6-10-13(16)14(15)12-8-4-3-5-9-12/h3-5,8-9,11,14H,6-7,10,15H2,1-2H3. The van der Waals surface area contributed by atoms with E-state index in [1.165, 1.54) is 0 Å². The maximum atomic E-state index is 11.8. The van der Waals surface area contributed by atoms with Crippen LogP contribution in [-0.2, 0) is 4.79 Å². The quantitative estimate of drug-likeness (QED) is 0.799. The van der Waals surface area contributed by atoms with Crippen molar-refractivity contribution in [3.05, 3.63) is 35.9 Å². The Bertz CT molecular complexity index is 319. The fraction of sp³-hybridized carbons (Fsp3) is 0.500. The molecule has 0 radical (unpaired) electrons. The van der Waals surface area contributed by atoms with E-state index in [0.717, 1.165) is 18.4 Å². The minimum absolute atomic E-state index is 0.145. The van der Waals surface area contributed by atoms with Crippen molar-refractivity contribution in [3.63, 3.8) is 0 Å². The van der Waals surface area contributed by atoms with Crippen LogP contribution in [0.2, 0.25) is 0 Å². The van der Waals surface area contributed by atoms with Crippen LogP contribution in [-0.4, -0.2) is 5.78 Å². The van der Waals surface area contributed by atoms with Gasteiger partial charge in [-0.15, -0.1) is 0 Å². The molecule has 1 aromatic rings. The Balaban J connectivity index is 2.43. The molecule has 0 aromatic heterocycles. The summed E-state index contributed by atoms with van der Waals surface area (Å²) < 4.78 is 0. The number of benzene rings is 1. The smallest absolute Gasteiger partial charge is 0.154 e. The van der Waals surface area contributed by atoms with Crippen LogP contribution in [0.1, 0.15) is 44.7 Å². The van der Waals surface area contributed by atoms with Gasteiger partial charge in [0.05, 0.1) is 6.04 Å². The molecule has 0 amide bonds. The molecule has 0 saturated heterocycles. The third-order valence-electron chi connectivity index (χ3n) is 2.71. The highest BCUT2D eigenvalue weighted by Gasteiger charge is 2.14. The van der Waals surface area contributed by atoms with E-state index >= 15 is 0 Å². The summed E-state index contributed by atoms with van der Waals surface area (Å²) >= 11 is 0. The highest BCUT2D eigenvalue weighted by Crippen LogP contribution is 2.15. The summed E-state index contributed by atoms with van der Waals surface area (Å²) in [5.41, 5.74) is 6.82. The summed E-state index contributed by atoms with van der Waals surface area (Å²) in [4.78, 5) is 11.8. The van der Waals surface area contributed by atoms with E-state index in [1.54, 1.807) is 0 Å². The minimum atomic E-state index is -0.451. The van der Waals surface area contributed by atoms with Crippen molar-refractivity contribution < 1.29 is 4.79 Å². The van der Waals surface area contributed by atoms with Gasteiger partial charge >= 0.3 is 0 Å². The van der Waals surface area contributed by atoms with Gasteiger partial charge in [0, 0.05) is 6.42 Å². The highest BCUT2D eigenvalue weighted by molar-refractivity contribution is 5.84. The summed E-state index contributed by atoms with van der Waals surface area (Å²) in [6.07, 6.45) is 2.62. The molecule has 1 atom stereocenters. The lowest BCUT2D eigenvalue weighted by atomic mass is 9.98. The van der Waals surface area contributed by atoms with E-state index in [2.05, 4.69) is 13.8 Å². The Labute approximate surface area is 97.9 Å². The van der Waals surface area contributed by atoms with Gasteiger partial charge in [0.25, 0.3) is 0 Å². The number of Topliss-reactive ketones (excluding diaryl/α,β-unsaturated/α-hetero) is 1. The van der Waals surface area contributed by atoms with Crippen LogP contribution >= 0.6 is 0 Å². The first kappa shape index (κ1) is 12.9. The molecule has 0 aliphatic heterocycles. The lowest BCUT2D eigenvalue weighted by molar-refractivity contribution is -0.120. The summed E-state index contributed by atoms with van der Waals surface area (Å²) in [7, 11) is 0. The summed E-state index contributed by atoms with van der Waals surface area (Å²) in [5.74, 6) is 0.799. The number of carbonyl (C=O) groups is 1. The zero-order valence-electron chi connectivity index (χ0n) is 10.1. The van der Waals surface area contributed by atoms with Crippen molar-refractivity contribution in [1.29, 1.82) is 0 Å². The van der Waals surface area contributed by atoms with Crippen LogP contribution in [0.25, 0.3) is 0 Å². The predicted octanol–water partition coefficient (Wildman–Crippen LogP) is 3.08. The lowest BCUT2D eigenvalue weighted by Gasteiger charge is -2.11. The van der Waals surface area contributed by atoms with E-state index in [4.69, 9.17) is 5.73 Å². The minimum Gasteiger partial charge on any atom is -0.318 e. The molecular weight excluding hydrogens is 198 g/mol. The number of ketones is 1. The van der Waals surface area contributed by atoms with Gasteiger partial charge in [-0.25, -0.2) is 0 Å². The summed E-state index contributed by atoms with van der Waals surface area (Å²) in [6, 6.07) is 9.12. The van der Waals surface area contributed by atoms with Crippen molar-refractivity contribution >= 4 is 5.78 Å². The molecule has 0 aliphatic carbocycles. The van der Waals surface area contributed by atoms with E-state index in [0.29, 0.717) is 12.3 Å². The first-order valence-corrected chi connectivity index (χ1v) is 5.94. The van der Waals surface area contributed by atoms with Gasteiger partial charge in [-0.3, -0.25) is 4.79 Å². The fourth-order valence-electron chi connectivity index (χ4n) is 1.69. The van der Waals surface area contributed by atoms with Crippen LogP contribution in [0.5, 0.6) is 0 Å². The SMILES string of the molecule is CC(C)CCCC(=O)C(N)c1ccccc1. The Morgan fingerprint density at radius 3 is 2.44 bits per heavy atom. The van der Waals surface area contributed by atoms with Crippen molar-refractivity contribution in [2.24, 2.45) is 11.7 Å². The predicted molar refractivity (Wildman–Crippen MR) is 67.1 cm³/mol. The van der Waals surface area contributed by atoms with Gasteiger partial charge < -0.3 is 5.73 Å². The third kappa shape index (κ3) is 4.15. The average Bonchev–Trinajstić information content (AvgIpc) is 2.28. The number of hydrogen-bond donors (Lipinski definition) is 1. The second kappa shape index (κ2) is 6.44. The summed E-state index contributed by atoms with van der Waals surface area (Å²) in [6.45, 7) is 4.34. The molecule has 0 saturated carbocycles. The second-order valence-corrected chi connectivity index (χ2v) is 4.64. The Morgan fingerprint density at radius 1 is 1.25 bits per heavy atom. The van der Waals surface area contributed by atoms with Crippen LogP contribution in [0.4, 0.5) is 0 Å². The molecule has 2 nitrogen and oxygen atoms in total. The van der Waals surface area contributed by atoms with Crippen LogP contribution in [0, 0.1) is 5.92 Å². The lowest BCUT2D eigenvalue weighted by Crippen LogP contribution is -2.21. The Kier molecular flexibility index (Phi) is 5.20. The molecule has 0 spiro atoms. The maximum absolute atomic E-state index is 11.8. The molecule has 1 rings (SSSR count). The number of rotatable bonds is 6. The molecule has 16 heavy (non-hydrogen) atoms. The van der Waals surface area contributed by atoms with Gasteiger partial charge in [-0.1, -0.05) is 50.6 Å². The molecule has 0 heterocycles. The molecule has 88 valence electrons. The molecule has 1 aromatic carbocycles. The van der Waals surface area contributed by atoms with Crippen molar-refractivity contribution in [2.45, 2.75) is 39.2 Å². The van der Waals surface area contributed by atoms with Gasteiger partial charge in [0.1, 0.15) is 0 Å². The number of carbonyl (C=O) groups excluding carboxylic acids is 1. The molecule has 2 N–H and O–H groups in total. The van der Waals surface area contributed by atoms with Gasteiger partial charge in [-0.2, -0.15) is 0 Å². The van der Waals surface area contributed by atoms with E-state index in [-0.39, 0.29) is 5.78 Å². The van der Waals surface area contributed by atoms with Gasteiger partial charge in [-0.05, 0) is 17.9 Å². The van der Waals surface area contributed by atoms with Crippen molar-refractivity contribution in [3.8, 4) is 0 Å². The molecule has 2 heteroatoms. The number of hydrogen-bond acceptors (Lipinski definition) is 2. The molecule has 0 fully saturated rings. The topological polar surface area (TPSA) is 43.1 Å². The Hall–Kier alpha value is -1.15. The number of nitrogens with two attached hydrogens (primary N) is 1. The fourth-order valence-corrected chi connectivity index (χ4v) is 1.69. The van der Waals surface area contributed by atoms with Gasteiger partial charge in [0.15, 0.2) is 5.78 Å². The van der Waals surface area contributed by atoms with Crippen LogP contribution in [0.15, 0.2) is 30.3 Å². The first-order valence-electron chi connectivity index (χ1n) is 5.94. The second-order valence-electron chi connectivity index (χ2n) is 4.64. The largest absolute Gasteiger partial charge is 0.318 e. The van der Waals surface area contributed by atoms with Crippen LogP contribution in [0.3, 0.4) is 0 Å². The van der Waals surface area contributed by atoms with Crippen molar-refractivity contribution in [1.82, 2.24) is 0 Å². The normalized spacial score (nSPS) is 12.8. The van der Waals surface area contributed by atoms with Crippen LogP contribution < -0.4 is 5.73 Å². The average molecular weight is 219 g/mol. The summed E-state index contributed by atoms with van der Waals surface area (Å²) in [5, 5.41) is 0. The zero-order valence-corrected chi connectivity index (χ0v) is 10.1. The molecule has 0 bridgehead atoms. The van der Waals surface area contributed by atoms with Crippen molar-refractivity contribution in [2.75, 3.05) is 0 Å². The zero-order chi connectivity index (χ0) is 12.0. The Morgan fingerprint density at radius 2 is 1.88 bits per heavy atom. The molecule has 1 unspecified atom stereocenters.